The number of pyridine rings is 1. The molecule has 1 N–H and O–H groups in total. The van der Waals surface area contributed by atoms with E-state index in [2.05, 4.69) is 20.3 Å². The van der Waals surface area contributed by atoms with E-state index in [1.165, 1.54) is 18.5 Å². The molecule has 0 aliphatic heterocycles. The van der Waals surface area contributed by atoms with Crippen LogP contribution in [0, 0.1) is 0 Å². The standard InChI is InChI=1S/C9H7F3N4/c10-9(11,12)5-15-7-2-1-6-8(16-7)14-4-3-13-6/h1-4H,5H2,(H,14,15,16). The number of nitrogens with zero attached hydrogens (tertiary/aromatic N) is 3. The van der Waals surface area contributed by atoms with Crippen LogP contribution in [0.1, 0.15) is 0 Å². The van der Waals surface area contributed by atoms with E-state index >= 15 is 0 Å². The molecule has 0 amide bonds. The molecule has 0 aromatic carbocycles. The molecule has 2 heterocycles. The summed E-state index contributed by atoms with van der Waals surface area (Å²) >= 11 is 0. The maximum absolute atomic E-state index is 11.9. The molecule has 4 nitrogen and oxygen atoms in total. The summed E-state index contributed by atoms with van der Waals surface area (Å²) in [5, 5.41) is 2.17. The Hall–Kier alpha value is -1.92. The molecule has 0 radical (unpaired) electrons. The van der Waals surface area contributed by atoms with Crippen molar-refractivity contribution in [3.05, 3.63) is 24.5 Å². The minimum atomic E-state index is -4.26. The summed E-state index contributed by atoms with van der Waals surface area (Å²) in [6.45, 7) is -1.12. The molecule has 0 atom stereocenters. The minimum absolute atomic E-state index is 0.130. The largest absolute Gasteiger partial charge is 0.405 e. The predicted octanol–water partition coefficient (Wildman–Crippen LogP) is 2.00. The third-order valence-corrected chi connectivity index (χ3v) is 1.80. The Morgan fingerprint density at radius 1 is 1.12 bits per heavy atom. The van der Waals surface area contributed by atoms with E-state index in [4.69, 9.17) is 0 Å². The number of nitrogens with one attached hydrogen (secondary N) is 1. The number of aromatic nitrogens is 3. The highest BCUT2D eigenvalue weighted by molar-refractivity contribution is 5.71. The van der Waals surface area contributed by atoms with Gasteiger partial charge in [0, 0.05) is 12.4 Å². The lowest BCUT2D eigenvalue weighted by Crippen LogP contribution is -2.21. The van der Waals surface area contributed by atoms with Gasteiger partial charge in [-0.3, -0.25) is 4.98 Å². The predicted molar refractivity (Wildman–Crippen MR) is 51.9 cm³/mol. The highest BCUT2D eigenvalue weighted by Gasteiger charge is 2.26. The Balaban J connectivity index is 2.20. The second-order valence-electron chi connectivity index (χ2n) is 3.06. The third-order valence-electron chi connectivity index (χ3n) is 1.80. The molecule has 0 aliphatic rings. The molecule has 2 rings (SSSR count). The van der Waals surface area contributed by atoms with Gasteiger partial charge >= 0.3 is 6.18 Å². The summed E-state index contributed by atoms with van der Waals surface area (Å²) in [7, 11) is 0. The van der Waals surface area contributed by atoms with Gasteiger partial charge in [0.15, 0.2) is 5.65 Å². The van der Waals surface area contributed by atoms with E-state index in [1.54, 1.807) is 6.07 Å². The number of hydrogen-bond acceptors (Lipinski definition) is 4. The summed E-state index contributed by atoms with van der Waals surface area (Å²) in [5.74, 6) is 0.130. The molecule has 0 bridgehead atoms. The van der Waals surface area contributed by atoms with Gasteiger partial charge in [0.25, 0.3) is 0 Å². The van der Waals surface area contributed by atoms with E-state index in [1.807, 2.05) is 0 Å². The van der Waals surface area contributed by atoms with Gasteiger partial charge in [0.2, 0.25) is 0 Å². The van der Waals surface area contributed by atoms with Gasteiger partial charge in [0.05, 0.1) is 0 Å². The molecule has 2 aromatic rings. The van der Waals surface area contributed by atoms with Crippen molar-refractivity contribution in [1.29, 1.82) is 0 Å². The Morgan fingerprint density at radius 3 is 2.62 bits per heavy atom. The molecule has 0 saturated heterocycles. The molecule has 0 spiro atoms. The van der Waals surface area contributed by atoms with Crippen LogP contribution in [0.25, 0.3) is 11.2 Å². The highest BCUT2D eigenvalue weighted by atomic mass is 19.4. The Labute approximate surface area is 88.5 Å². The monoisotopic (exact) mass is 228 g/mol. The number of halogens is 3. The molecule has 0 saturated carbocycles. The first kappa shape index (κ1) is 10.6. The van der Waals surface area contributed by atoms with Crippen LogP contribution in [-0.4, -0.2) is 27.7 Å². The maximum atomic E-state index is 11.9. The topological polar surface area (TPSA) is 50.7 Å². The van der Waals surface area contributed by atoms with E-state index in [-0.39, 0.29) is 5.82 Å². The van der Waals surface area contributed by atoms with Gasteiger partial charge in [-0.25, -0.2) is 9.97 Å². The quantitative estimate of drug-likeness (QED) is 0.854. The van der Waals surface area contributed by atoms with E-state index in [0.29, 0.717) is 11.2 Å². The van der Waals surface area contributed by atoms with Crippen LogP contribution >= 0.6 is 0 Å². The van der Waals surface area contributed by atoms with Crippen molar-refractivity contribution in [3.8, 4) is 0 Å². The van der Waals surface area contributed by atoms with Crippen molar-refractivity contribution in [2.75, 3.05) is 11.9 Å². The average Bonchev–Trinajstić information content (AvgIpc) is 2.25. The molecule has 16 heavy (non-hydrogen) atoms. The fourth-order valence-electron chi connectivity index (χ4n) is 1.14. The van der Waals surface area contributed by atoms with Crippen LogP contribution < -0.4 is 5.32 Å². The van der Waals surface area contributed by atoms with Crippen LogP contribution in [0.15, 0.2) is 24.5 Å². The molecule has 0 unspecified atom stereocenters. The van der Waals surface area contributed by atoms with Crippen LogP contribution in [0.5, 0.6) is 0 Å². The number of hydrogen-bond donors (Lipinski definition) is 1. The van der Waals surface area contributed by atoms with Crippen LogP contribution in [-0.2, 0) is 0 Å². The van der Waals surface area contributed by atoms with Gasteiger partial charge in [-0.1, -0.05) is 0 Å². The number of fused-ring (bicyclic) bond motifs is 1. The molecule has 0 fully saturated rings. The SMILES string of the molecule is FC(F)(F)CNc1ccc2nccnc2n1. The zero-order valence-electron chi connectivity index (χ0n) is 7.99. The van der Waals surface area contributed by atoms with E-state index < -0.39 is 12.7 Å². The fraction of sp³-hybridized carbons (Fsp3) is 0.222. The normalized spacial score (nSPS) is 11.7. The van der Waals surface area contributed by atoms with E-state index in [0.717, 1.165) is 0 Å². The molecule has 7 heteroatoms. The van der Waals surface area contributed by atoms with Gasteiger partial charge in [-0.15, -0.1) is 0 Å². The number of anilines is 1. The Kier molecular flexibility index (Phi) is 2.59. The van der Waals surface area contributed by atoms with Crippen molar-refractivity contribution in [3.63, 3.8) is 0 Å². The highest BCUT2D eigenvalue weighted by Crippen LogP contribution is 2.16. The first-order valence-electron chi connectivity index (χ1n) is 4.43. The summed E-state index contributed by atoms with van der Waals surface area (Å²) in [4.78, 5) is 11.7. The first-order chi connectivity index (χ1) is 7.54. The summed E-state index contributed by atoms with van der Waals surface area (Å²) in [5.41, 5.74) is 0.856. The molecule has 2 aromatic heterocycles. The molecule has 0 aliphatic carbocycles. The van der Waals surface area contributed by atoms with Gasteiger partial charge < -0.3 is 5.32 Å². The minimum Gasteiger partial charge on any atom is -0.361 e. The Morgan fingerprint density at radius 2 is 1.88 bits per heavy atom. The lowest BCUT2D eigenvalue weighted by Gasteiger charge is -2.08. The summed E-state index contributed by atoms with van der Waals surface area (Å²) < 4.78 is 35.8. The lowest BCUT2D eigenvalue weighted by molar-refractivity contribution is -0.115. The zero-order valence-corrected chi connectivity index (χ0v) is 7.99. The fourth-order valence-corrected chi connectivity index (χ4v) is 1.14. The second-order valence-corrected chi connectivity index (χ2v) is 3.06. The van der Waals surface area contributed by atoms with E-state index in [9.17, 15) is 13.2 Å². The Bertz CT molecular complexity index is 497. The number of rotatable bonds is 2. The summed E-state index contributed by atoms with van der Waals surface area (Å²) in [6, 6.07) is 3.00. The first-order valence-corrected chi connectivity index (χ1v) is 4.43. The summed E-state index contributed by atoms with van der Waals surface area (Å²) in [6.07, 6.45) is -1.34. The van der Waals surface area contributed by atoms with Crippen molar-refractivity contribution in [1.82, 2.24) is 15.0 Å². The third kappa shape index (κ3) is 2.56. The van der Waals surface area contributed by atoms with Crippen molar-refractivity contribution < 1.29 is 13.2 Å². The van der Waals surface area contributed by atoms with Gasteiger partial charge in [0.1, 0.15) is 17.9 Å². The van der Waals surface area contributed by atoms with Crippen molar-refractivity contribution in [2.24, 2.45) is 0 Å². The van der Waals surface area contributed by atoms with Gasteiger partial charge in [-0.05, 0) is 12.1 Å². The molecular weight excluding hydrogens is 221 g/mol. The molecule has 84 valence electrons. The van der Waals surface area contributed by atoms with Gasteiger partial charge in [-0.2, -0.15) is 13.2 Å². The smallest absolute Gasteiger partial charge is 0.361 e. The molecular formula is C9H7F3N4. The van der Waals surface area contributed by atoms with Crippen molar-refractivity contribution in [2.45, 2.75) is 6.18 Å². The van der Waals surface area contributed by atoms with Crippen LogP contribution in [0.4, 0.5) is 19.0 Å². The van der Waals surface area contributed by atoms with Crippen LogP contribution in [0.2, 0.25) is 0 Å². The average molecular weight is 228 g/mol. The zero-order chi connectivity index (χ0) is 11.6. The maximum Gasteiger partial charge on any atom is 0.405 e. The van der Waals surface area contributed by atoms with Crippen molar-refractivity contribution >= 4 is 17.0 Å². The number of alkyl halides is 3. The van der Waals surface area contributed by atoms with Crippen LogP contribution in [0.3, 0.4) is 0 Å². The lowest BCUT2D eigenvalue weighted by atomic mass is 10.4. The second kappa shape index (κ2) is 3.92.